The molecule has 0 radical (unpaired) electrons. The Morgan fingerprint density at radius 3 is 1.14 bits per heavy atom. The zero-order valence-electron chi connectivity index (χ0n) is 4.01. The molecular weight excluding hydrogens is 128 g/mol. The lowest BCUT2D eigenvalue weighted by molar-refractivity contribution is -0.110. The smallest absolute Gasteiger partial charge is 0.172 e. The quantitative estimate of drug-likeness (QED) is 0.447. The first-order chi connectivity index (χ1) is 3.00. The molecule has 0 aliphatic rings. The van der Waals surface area contributed by atoms with Crippen molar-refractivity contribution in [1.82, 2.24) is 0 Å². The van der Waals surface area contributed by atoms with E-state index in [0.717, 1.165) is 0 Å². The van der Waals surface area contributed by atoms with Crippen molar-refractivity contribution in [2.75, 3.05) is 6.38 Å². The van der Waals surface area contributed by atoms with Crippen molar-refractivity contribution in [2.24, 2.45) is 0 Å². The first-order valence-electron chi connectivity index (χ1n) is 1.44. The average Bonchev–Trinajstić information content (AvgIpc) is 1.36. The molecule has 0 N–H and O–H groups in total. The Balaban J connectivity index is 0. The second-order valence-corrected chi connectivity index (χ2v) is 0.781. The summed E-state index contributed by atoms with van der Waals surface area (Å²) in [6, 6.07) is 0. The molecule has 4 heteroatoms. The summed E-state index contributed by atoms with van der Waals surface area (Å²) in [5, 5.41) is 0. The Hall–Kier alpha value is 0.0800. The number of hydrogen-bond donors (Lipinski definition) is 0. The Morgan fingerprint density at radius 1 is 1.14 bits per heavy atom. The molecule has 0 heterocycles. The molecule has 0 bridgehead atoms. The Bertz CT molecular complexity index is 25.7. The molecule has 0 aromatic heterocycles. The van der Waals surface area contributed by atoms with Gasteiger partial charge in [0.05, 0.1) is 0 Å². The van der Waals surface area contributed by atoms with E-state index in [2.05, 4.69) is 11.6 Å². The van der Waals surface area contributed by atoms with Crippen molar-refractivity contribution in [3.63, 3.8) is 0 Å². The summed E-state index contributed by atoms with van der Waals surface area (Å²) in [6.07, 6.45) is -2.53. The minimum absolute atomic E-state index is 0.188. The van der Waals surface area contributed by atoms with Gasteiger partial charge >= 0.3 is 6.18 Å². The maximum absolute atomic E-state index is 10.4. The normalized spacial score (nSPS) is 9.43. The van der Waals surface area contributed by atoms with Crippen LogP contribution in [0.2, 0.25) is 0 Å². The molecule has 0 saturated heterocycles. The van der Waals surface area contributed by atoms with Gasteiger partial charge in [-0.2, -0.15) is 13.2 Å². The third kappa shape index (κ3) is 15800. The molecule has 0 atom stereocenters. The highest BCUT2D eigenvalue weighted by Crippen LogP contribution is 2.10. The molecule has 0 rings (SSSR count). The van der Waals surface area contributed by atoms with Crippen LogP contribution in [0.25, 0.3) is 0 Å². The van der Waals surface area contributed by atoms with Crippen LogP contribution in [0.5, 0.6) is 0 Å². The van der Waals surface area contributed by atoms with E-state index >= 15 is 0 Å². The molecule has 0 aromatic rings. The second-order valence-electron chi connectivity index (χ2n) is 0.781. The number of halogens is 4. The fraction of sp³-hybridized carbons (Fsp3) is 1.00. The zero-order chi connectivity index (χ0) is 6.50. The third-order valence-electron chi connectivity index (χ3n) is 0. The van der Waals surface area contributed by atoms with E-state index in [1.165, 1.54) is 6.38 Å². The van der Waals surface area contributed by atoms with E-state index in [9.17, 15) is 13.2 Å². The van der Waals surface area contributed by atoms with E-state index < -0.39 is 6.18 Å². The monoisotopic (exact) mass is 134 g/mol. The van der Waals surface area contributed by atoms with Crippen molar-refractivity contribution >= 4 is 11.6 Å². The highest BCUT2D eigenvalue weighted by atomic mass is 35.5. The minimum Gasteiger partial charge on any atom is -0.172 e. The predicted molar refractivity (Wildman–Crippen MR) is 23.5 cm³/mol. The highest BCUT2D eigenvalue weighted by molar-refractivity contribution is 6.15. The largest absolute Gasteiger partial charge is 0.386 e. The fourth-order valence-corrected chi connectivity index (χ4v) is 0. The van der Waals surface area contributed by atoms with Crippen LogP contribution in [0.1, 0.15) is 6.92 Å². The molecule has 0 aliphatic heterocycles. The van der Waals surface area contributed by atoms with Crippen molar-refractivity contribution in [3.8, 4) is 0 Å². The molecule has 0 saturated carbocycles. The summed E-state index contributed by atoms with van der Waals surface area (Å²) in [4.78, 5) is 0. The fourth-order valence-electron chi connectivity index (χ4n) is 0. The highest BCUT2D eigenvalue weighted by Gasteiger charge is 2.15. The standard InChI is InChI=1S/C2H3F3.CH3Cl/c1-2(3,4)5;1-2/h1H3;1H3. The lowest BCUT2D eigenvalue weighted by Gasteiger charge is -1.88. The van der Waals surface area contributed by atoms with E-state index in [4.69, 9.17) is 0 Å². The van der Waals surface area contributed by atoms with Gasteiger partial charge in [0.1, 0.15) is 0 Å². The summed E-state index contributed by atoms with van der Waals surface area (Å²) < 4.78 is 31.1. The van der Waals surface area contributed by atoms with E-state index in [-0.39, 0.29) is 6.92 Å². The lowest BCUT2D eigenvalue weighted by Crippen LogP contribution is -1.95. The van der Waals surface area contributed by atoms with Crippen molar-refractivity contribution in [2.45, 2.75) is 13.1 Å². The molecule has 0 unspecified atom stereocenters. The number of hydrogen-bond acceptors (Lipinski definition) is 0. The van der Waals surface area contributed by atoms with E-state index in [0.29, 0.717) is 0 Å². The third-order valence-corrected chi connectivity index (χ3v) is 0. The molecule has 0 aromatic carbocycles. The van der Waals surface area contributed by atoms with Crippen LogP contribution < -0.4 is 0 Å². The van der Waals surface area contributed by atoms with E-state index in [1.807, 2.05) is 0 Å². The van der Waals surface area contributed by atoms with Crippen LogP contribution in [-0.4, -0.2) is 12.6 Å². The van der Waals surface area contributed by atoms with Crippen LogP contribution in [0.3, 0.4) is 0 Å². The van der Waals surface area contributed by atoms with Gasteiger partial charge in [0, 0.05) is 13.3 Å². The van der Waals surface area contributed by atoms with Gasteiger partial charge < -0.3 is 0 Å². The molecular formula is C3H6ClF3. The number of rotatable bonds is 0. The summed E-state index contributed by atoms with van der Waals surface area (Å²) in [6.45, 7) is 0.188. The van der Waals surface area contributed by atoms with Crippen LogP contribution >= 0.6 is 11.6 Å². The maximum atomic E-state index is 10.4. The van der Waals surface area contributed by atoms with Crippen molar-refractivity contribution in [3.05, 3.63) is 0 Å². The maximum Gasteiger partial charge on any atom is 0.386 e. The van der Waals surface area contributed by atoms with Gasteiger partial charge in [-0.15, -0.1) is 11.6 Å². The van der Waals surface area contributed by atoms with Crippen molar-refractivity contribution < 1.29 is 13.2 Å². The van der Waals surface area contributed by atoms with E-state index in [1.54, 1.807) is 0 Å². The topological polar surface area (TPSA) is 0 Å². The lowest BCUT2D eigenvalue weighted by atomic mass is 10.8. The Morgan fingerprint density at radius 2 is 1.14 bits per heavy atom. The van der Waals surface area contributed by atoms with Crippen LogP contribution in [0, 0.1) is 0 Å². The first-order valence-corrected chi connectivity index (χ1v) is 2.20. The van der Waals surface area contributed by atoms with Gasteiger partial charge in [0.15, 0.2) is 0 Å². The summed E-state index contributed by atoms with van der Waals surface area (Å²) >= 11 is 4.64. The van der Waals surface area contributed by atoms with Gasteiger partial charge in [-0.05, 0) is 0 Å². The van der Waals surface area contributed by atoms with Gasteiger partial charge in [-0.1, -0.05) is 0 Å². The van der Waals surface area contributed by atoms with Crippen LogP contribution in [0.15, 0.2) is 0 Å². The van der Waals surface area contributed by atoms with Gasteiger partial charge in [-0.3, -0.25) is 0 Å². The molecule has 0 fully saturated rings. The molecule has 0 nitrogen and oxygen atoms in total. The van der Waals surface area contributed by atoms with Gasteiger partial charge in [0.25, 0.3) is 0 Å². The minimum atomic E-state index is -4.00. The number of alkyl halides is 4. The summed E-state index contributed by atoms with van der Waals surface area (Å²) in [5.74, 6) is 0. The molecule has 0 spiro atoms. The predicted octanol–water partition coefficient (Wildman–Crippen LogP) is 2.42. The first kappa shape index (κ1) is 10.1. The Labute approximate surface area is 45.3 Å². The van der Waals surface area contributed by atoms with Gasteiger partial charge in [0.2, 0.25) is 0 Å². The zero-order valence-corrected chi connectivity index (χ0v) is 4.77. The second kappa shape index (κ2) is 4.24. The van der Waals surface area contributed by atoms with Crippen LogP contribution in [0.4, 0.5) is 13.2 Å². The molecule has 7 heavy (non-hydrogen) atoms. The molecule has 0 amide bonds. The van der Waals surface area contributed by atoms with Crippen molar-refractivity contribution in [1.29, 1.82) is 0 Å². The average molecular weight is 135 g/mol. The Kier molecular flexibility index (Phi) is 6.15. The SMILES string of the molecule is CC(F)(F)F.CCl. The van der Waals surface area contributed by atoms with Gasteiger partial charge in [-0.25, -0.2) is 0 Å². The summed E-state index contributed by atoms with van der Waals surface area (Å²) in [7, 11) is 0. The molecule has 0 aliphatic carbocycles. The summed E-state index contributed by atoms with van der Waals surface area (Å²) in [5.41, 5.74) is 0. The van der Waals surface area contributed by atoms with Crippen LogP contribution in [-0.2, 0) is 0 Å². The molecule has 46 valence electrons.